The Hall–Kier alpha value is -2.14. The third-order valence-electron chi connectivity index (χ3n) is 3.58. The van der Waals surface area contributed by atoms with Crippen molar-refractivity contribution >= 4 is 23.3 Å². The van der Waals surface area contributed by atoms with Gasteiger partial charge in [-0.05, 0) is 42.5 Å². The van der Waals surface area contributed by atoms with Crippen molar-refractivity contribution in [3.63, 3.8) is 0 Å². The van der Waals surface area contributed by atoms with Crippen molar-refractivity contribution in [2.75, 3.05) is 13.1 Å². The van der Waals surface area contributed by atoms with Gasteiger partial charge in [-0.2, -0.15) is 0 Å². The van der Waals surface area contributed by atoms with Crippen molar-refractivity contribution in [3.8, 4) is 5.75 Å². The Morgan fingerprint density at radius 2 is 2.23 bits per heavy atom. The maximum atomic E-state index is 12.3. The molecule has 1 saturated heterocycles. The Morgan fingerprint density at radius 1 is 1.36 bits per heavy atom. The summed E-state index contributed by atoms with van der Waals surface area (Å²) in [6.45, 7) is 1.43. The van der Waals surface area contributed by atoms with Gasteiger partial charge >= 0.3 is 0 Å². The van der Waals surface area contributed by atoms with Crippen LogP contribution in [0.4, 0.5) is 0 Å². The zero-order valence-electron chi connectivity index (χ0n) is 12.2. The number of hydrogen-bond donors (Lipinski definition) is 0. The van der Waals surface area contributed by atoms with Crippen molar-refractivity contribution in [1.29, 1.82) is 0 Å². The highest BCUT2D eigenvalue weighted by molar-refractivity contribution is 7.10. The van der Waals surface area contributed by atoms with E-state index >= 15 is 0 Å². The minimum Gasteiger partial charge on any atom is -0.488 e. The van der Waals surface area contributed by atoms with E-state index in [0.717, 1.165) is 30.0 Å². The quantitative estimate of drug-likeness (QED) is 0.814. The molecule has 0 bridgehead atoms. The highest BCUT2D eigenvalue weighted by Crippen LogP contribution is 2.18. The summed E-state index contributed by atoms with van der Waals surface area (Å²) in [5.74, 6) is 0.861. The van der Waals surface area contributed by atoms with Crippen LogP contribution in [0, 0.1) is 0 Å². The van der Waals surface area contributed by atoms with Crippen LogP contribution in [-0.2, 0) is 4.79 Å². The molecule has 114 valence electrons. The number of likely N-dealkylation sites (tertiary alicyclic amines) is 1. The van der Waals surface area contributed by atoms with Crippen LogP contribution >= 0.6 is 11.3 Å². The van der Waals surface area contributed by atoms with Crippen molar-refractivity contribution < 1.29 is 9.53 Å². The molecule has 3 heterocycles. The molecule has 22 heavy (non-hydrogen) atoms. The Balaban J connectivity index is 1.57. The first-order valence-corrected chi connectivity index (χ1v) is 8.26. The van der Waals surface area contributed by atoms with Gasteiger partial charge in [0, 0.05) is 29.9 Å². The van der Waals surface area contributed by atoms with Crippen LogP contribution in [-0.4, -0.2) is 35.0 Å². The molecule has 0 saturated carbocycles. The van der Waals surface area contributed by atoms with Crippen LogP contribution in [0.15, 0.2) is 48.1 Å². The van der Waals surface area contributed by atoms with Gasteiger partial charge in [-0.15, -0.1) is 11.3 Å². The number of nitrogens with zero attached hydrogens (tertiary/aromatic N) is 2. The topological polar surface area (TPSA) is 42.4 Å². The number of amides is 1. The maximum absolute atomic E-state index is 12.3. The number of carbonyl (C=O) groups excluding carboxylic acids is 1. The second-order valence-electron chi connectivity index (χ2n) is 5.20. The number of pyridine rings is 1. The van der Waals surface area contributed by atoms with E-state index in [9.17, 15) is 4.79 Å². The van der Waals surface area contributed by atoms with E-state index in [1.165, 1.54) is 0 Å². The fraction of sp³-hybridized carbons (Fsp3) is 0.294. The summed E-state index contributed by atoms with van der Waals surface area (Å²) < 4.78 is 5.93. The molecule has 1 aliphatic rings. The van der Waals surface area contributed by atoms with Crippen LogP contribution < -0.4 is 4.74 Å². The Bertz CT molecular complexity index is 625. The van der Waals surface area contributed by atoms with E-state index in [4.69, 9.17) is 4.74 Å². The average molecular weight is 314 g/mol. The van der Waals surface area contributed by atoms with Crippen LogP contribution in [0.1, 0.15) is 17.7 Å². The predicted octanol–water partition coefficient (Wildman–Crippen LogP) is 3.23. The van der Waals surface area contributed by atoms with Crippen molar-refractivity contribution in [2.24, 2.45) is 0 Å². The fourth-order valence-corrected chi connectivity index (χ4v) is 3.11. The first kappa shape index (κ1) is 14.8. The monoisotopic (exact) mass is 314 g/mol. The lowest BCUT2D eigenvalue weighted by Gasteiger charge is -2.32. The molecule has 0 radical (unpaired) electrons. The molecular formula is C17H18N2O2S. The standard InChI is InChI=1S/C17H18N2O2S/c20-17(6-5-16-4-2-12-22-16)19-11-1-3-15(13-19)21-14-7-9-18-10-8-14/h2,4-10,12,15H,1,3,11,13H2/b6-5+. The van der Waals surface area contributed by atoms with E-state index in [2.05, 4.69) is 4.98 Å². The molecule has 1 amide bonds. The molecule has 1 aliphatic heterocycles. The molecule has 5 heteroatoms. The molecule has 0 aromatic carbocycles. The Kier molecular flexibility index (Phi) is 4.85. The van der Waals surface area contributed by atoms with Crippen LogP contribution in [0.5, 0.6) is 5.75 Å². The third-order valence-corrected chi connectivity index (χ3v) is 4.41. The van der Waals surface area contributed by atoms with E-state index in [-0.39, 0.29) is 12.0 Å². The smallest absolute Gasteiger partial charge is 0.246 e. The number of ether oxygens (including phenoxy) is 1. The van der Waals surface area contributed by atoms with E-state index in [1.54, 1.807) is 29.8 Å². The molecular weight excluding hydrogens is 296 g/mol. The summed E-state index contributed by atoms with van der Waals surface area (Å²) in [5.41, 5.74) is 0. The Morgan fingerprint density at radius 3 is 3.00 bits per heavy atom. The minimum atomic E-state index is 0.0511. The summed E-state index contributed by atoms with van der Waals surface area (Å²) in [6.07, 6.45) is 8.95. The van der Waals surface area contributed by atoms with Gasteiger partial charge in [0.15, 0.2) is 0 Å². The number of carbonyl (C=O) groups is 1. The number of aromatic nitrogens is 1. The van der Waals surface area contributed by atoms with E-state index < -0.39 is 0 Å². The van der Waals surface area contributed by atoms with E-state index in [1.807, 2.05) is 40.6 Å². The maximum Gasteiger partial charge on any atom is 0.246 e. The molecule has 1 fully saturated rings. The van der Waals surface area contributed by atoms with Crippen LogP contribution in [0.25, 0.3) is 6.08 Å². The van der Waals surface area contributed by atoms with E-state index in [0.29, 0.717) is 6.54 Å². The summed E-state index contributed by atoms with van der Waals surface area (Å²) in [5, 5.41) is 2.00. The molecule has 1 atom stereocenters. The lowest BCUT2D eigenvalue weighted by Crippen LogP contribution is -2.43. The van der Waals surface area contributed by atoms with Crippen LogP contribution in [0.3, 0.4) is 0 Å². The summed E-state index contributed by atoms with van der Waals surface area (Å²) in [4.78, 5) is 19.2. The summed E-state index contributed by atoms with van der Waals surface area (Å²) >= 11 is 1.63. The molecule has 0 aliphatic carbocycles. The Labute approximate surface area is 134 Å². The predicted molar refractivity (Wildman–Crippen MR) is 87.8 cm³/mol. The molecule has 0 N–H and O–H groups in total. The average Bonchev–Trinajstić information content (AvgIpc) is 3.07. The zero-order chi connectivity index (χ0) is 15.2. The van der Waals surface area contributed by atoms with Crippen LogP contribution in [0.2, 0.25) is 0 Å². The fourth-order valence-electron chi connectivity index (χ4n) is 2.49. The highest BCUT2D eigenvalue weighted by Gasteiger charge is 2.23. The highest BCUT2D eigenvalue weighted by atomic mass is 32.1. The first-order valence-electron chi connectivity index (χ1n) is 7.38. The summed E-state index contributed by atoms with van der Waals surface area (Å²) in [6, 6.07) is 7.67. The van der Waals surface area contributed by atoms with Crippen molar-refractivity contribution in [3.05, 3.63) is 53.0 Å². The van der Waals surface area contributed by atoms with Gasteiger partial charge < -0.3 is 9.64 Å². The van der Waals surface area contributed by atoms with Crippen molar-refractivity contribution in [1.82, 2.24) is 9.88 Å². The van der Waals surface area contributed by atoms with Gasteiger partial charge in [0.05, 0.1) is 6.54 Å². The lowest BCUT2D eigenvalue weighted by molar-refractivity contribution is -0.128. The van der Waals surface area contributed by atoms with Gasteiger partial charge in [0.25, 0.3) is 0 Å². The zero-order valence-corrected chi connectivity index (χ0v) is 13.0. The largest absolute Gasteiger partial charge is 0.488 e. The number of thiophene rings is 1. The van der Waals surface area contributed by atoms with Crippen molar-refractivity contribution in [2.45, 2.75) is 18.9 Å². The molecule has 1 unspecified atom stereocenters. The van der Waals surface area contributed by atoms with Gasteiger partial charge in [-0.1, -0.05) is 6.07 Å². The third kappa shape index (κ3) is 3.95. The minimum absolute atomic E-state index is 0.0511. The number of hydrogen-bond acceptors (Lipinski definition) is 4. The SMILES string of the molecule is O=C(/C=C/c1cccs1)N1CCCC(Oc2ccncc2)C1. The molecule has 2 aromatic heterocycles. The van der Waals surface area contributed by atoms with Gasteiger partial charge in [-0.25, -0.2) is 0 Å². The molecule has 4 nitrogen and oxygen atoms in total. The molecule has 3 rings (SSSR count). The number of piperidine rings is 1. The second-order valence-corrected chi connectivity index (χ2v) is 6.18. The normalized spacial score (nSPS) is 18.5. The lowest BCUT2D eigenvalue weighted by atomic mass is 10.1. The molecule has 2 aromatic rings. The first-order chi connectivity index (χ1) is 10.8. The number of rotatable bonds is 4. The van der Waals surface area contributed by atoms with Gasteiger partial charge in [0.1, 0.15) is 11.9 Å². The second kappa shape index (κ2) is 7.22. The summed E-state index contributed by atoms with van der Waals surface area (Å²) in [7, 11) is 0. The van der Waals surface area contributed by atoms with Gasteiger partial charge in [0.2, 0.25) is 5.91 Å². The van der Waals surface area contributed by atoms with Gasteiger partial charge in [-0.3, -0.25) is 9.78 Å². The molecule has 0 spiro atoms.